The molecule has 1 saturated heterocycles. The number of piperidine rings is 1. The molecule has 1 fully saturated rings. The minimum absolute atomic E-state index is 0.0211. The predicted molar refractivity (Wildman–Crippen MR) is 113 cm³/mol. The monoisotopic (exact) mass is 406 g/mol. The number of hydrogen-bond donors (Lipinski definition) is 1. The van der Waals surface area contributed by atoms with Crippen molar-refractivity contribution in [2.75, 3.05) is 26.7 Å². The maximum Gasteiger partial charge on any atom is 0.317 e. The molecule has 30 heavy (non-hydrogen) atoms. The number of rotatable bonds is 6. The van der Waals surface area contributed by atoms with Gasteiger partial charge < -0.3 is 19.4 Å². The van der Waals surface area contributed by atoms with Crippen LogP contribution in [0.1, 0.15) is 29.5 Å². The Morgan fingerprint density at radius 1 is 1.17 bits per heavy atom. The lowest BCUT2D eigenvalue weighted by molar-refractivity contribution is -0.138. The summed E-state index contributed by atoms with van der Waals surface area (Å²) in [4.78, 5) is 16.9. The Bertz CT molecular complexity index is 948. The molecule has 1 aliphatic heterocycles. The van der Waals surface area contributed by atoms with Gasteiger partial charge in [-0.3, -0.25) is 9.69 Å². The number of ether oxygens (including phenoxy) is 2. The van der Waals surface area contributed by atoms with E-state index >= 15 is 0 Å². The molecule has 6 nitrogen and oxygen atoms in total. The van der Waals surface area contributed by atoms with Crippen LogP contribution in [0.15, 0.2) is 42.5 Å². The maximum absolute atomic E-state index is 11.0. The van der Waals surface area contributed by atoms with Crippen molar-refractivity contribution >= 4 is 5.97 Å². The highest BCUT2D eigenvalue weighted by Crippen LogP contribution is 2.41. The van der Waals surface area contributed by atoms with Crippen LogP contribution in [0.4, 0.5) is 0 Å². The van der Waals surface area contributed by atoms with Crippen LogP contribution in [0.5, 0.6) is 11.5 Å². The summed E-state index contributed by atoms with van der Waals surface area (Å²) in [5.74, 6) is 0.505. The highest BCUT2D eigenvalue weighted by molar-refractivity contribution is 5.69. The van der Waals surface area contributed by atoms with Crippen LogP contribution >= 0.6 is 0 Å². The van der Waals surface area contributed by atoms with Gasteiger partial charge in [-0.2, -0.15) is 0 Å². The lowest BCUT2D eigenvalue weighted by atomic mass is 9.81. The van der Waals surface area contributed by atoms with Crippen LogP contribution in [-0.4, -0.2) is 48.8 Å². The lowest BCUT2D eigenvalue weighted by Gasteiger charge is -2.33. The van der Waals surface area contributed by atoms with Crippen LogP contribution in [-0.2, 0) is 23.2 Å². The van der Waals surface area contributed by atoms with Crippen molar-refractivity contribution in [3.8, 4) is 11.5 Å². The Labute approximate surface area is 176 Å². The zero-order chi connectivity index (χ0) is 21.1. The molecule has 0 amide bonds. The zero-order valence-corrected chi connectivity index (χ0v) is 17.1. The summed E-state index contributed by atoms with van der Waals surface area (Å²) >= 11 is 0. The van der Waals surface area contributed by atoms with E-state index in [1.54, 1.807) is 7.11 Å². The third kappa shape index (κ3) is 3.99. The van der Waals surface area contributed by atoms with Gasteiger partial charge in [0.1, 0.15) is 6.10 Å². The molecular formula is C24H26N2O4. The average molecular weight is 406 g/mol. The summed E-state index contributed by atoms with van der Waals surface area (Å²) < 4.78 is 11.9. The highest BCUT2D eigenvalue weighted by Gasteiger charge is 2.43. The molecule has 0 atom stereocenters. The van der Waals surface area contributed by atoms with Gasteiger partial charge in [-0.25, -0.2) is 6.57 Å². The summed E-state index contributed by atoms with van der Waals surface area (Å²) in [5.41, 5.74) is 2.90. The van der Waals surface area contributed by atoms with Gasteiger partial charge in [0.15, 0.2) is 11.5 Å². The van der Waals surface area contributed by atoms with E-state index in [-0.39, 0.29) is 12.6 Å². The van der Waals surface area contributed by atoms with Crippen LogP contribution in [0.2, 0.25) is 0 Å². The van der Waals surface area contributed by atoms with Gasteiger partial charge in [0, 0.05) is 44.3 Å². The molecular weight excluding hydrogens is 380 g/mol. The van der Waals surface area contributed by atoms with Gasteiger partial charge in [-0.15, -0.1) is 0 Å². The first kappa shape index (κ1) is 20.2. The molecule has 0 bridgehead atoms. The number of carbonyl (C=O) groups is 1. The number of methoxy groups -OCH3 is 1. The second-order valence-corrected chi connectivity index (χ2v) is 8.10. The number of aliphatic carboxylic acids is 1. The Balaban J connectivity index is 1.54. The largest absolute Gasteiger partial charge is 0.493 e. The topological polar surface area (TPSA) is 63.4 Å². The Hall–Kier alpha value is -3.04. The predicted octanol–water partition coefficient (Wildman–Crippen LogP) is 3.54. The van der Waals surface area contributed by atoms with Crippen molar-refractivity contribution in [3.05, 3.63) is 70.6 Å². The minimum Gasteiger partial charge on any atom is -0.493 e. The van der Waals surface area contributed by atoms with Crippen molar-refractivity contribution in [2.45, 2.75) is 37.3 Å². The molecule has 1 aliphatic carbocycles. The quantitative estimate of drug-likeness (QED) is 0.744. The second-order valence-electron chi connectivity index (χ2n) is 8.10. The van der Waals surface area contributed by atoms with E-state index in [0.29, 0.717) is 37.4 Å². The van der Waals surface area contributed by atoms with Crippen molar-refractivity contribution < 1.29 is 19.4 Å². The number of nitrogens with zero attached hydrogens (tertiary/aromatic N) is 2. The molecule has 0 spiro atoms. The fourth-order valence-corrected chi connectivity index (χ4v) is 4.58. The SMILES string of the molecule is [C-]#[N+]C1(c2ccc(OC)c(OC3Cc4ccccc4C3)c2)CCN(CC(=O)O)CC1. The molecule has 0 saturated carbocycles. The van der Waals surface area contributed by atoms with Gasteiger partial charge >= 0.3 is 5.97 Å². The third-order valence-corrected chi connectivity index (χ3v) is 6.26. The van der Waals surface area contributed by atoms with Gasteiger partial charge in [0.2, 0.25) is 0 Å². The minimum atomic E-state index is -0.831. The number of likely N-dealkylation sites (tertiary alicyclic amines) is 1. The van der Waals surface area contributed by atoms with Crippen LogP contribution in [0, 0.1) is 6.57 Å². The molecule has 2 aromatic carbocycles. The Morgan fingerprint density at radius 2 is 1.83 bits per heavy atom. The number of benzene rings is 2. The summed E-state index contributed by atoms with van der Waals surface area (Å²) in [7, 11) is 1.63. The lowest BCUT2D eigenvalue weighted by Crippen LogP contribution is -2.43. The highest BCUT2D eigenvalue weighted by atomic mass is 16.5. The van der Waals surface area contributed by atoms with Crippen LogP contribution < -0.4 is 9.47 Å². The van der Waals surface area contributed by atoms with Gasteiger partial charge in [-0.05, 0) is 29.3 Å². The molecule has 2 aliphatic rings. The molecule has 156 valence electrons. The number of fused-ring (bicyclic) bond motifs is 1. The fraction of sp³-hybridized carbons (Fsp3) is 0.417. The van der Waals surface area contributed by atoms with Crippen molar-refractivity contribution in [2.24, 2.45) is 0 Å². The van der Waals surface area contributed by atoms with Gasteiger partial charge in [-0.1, -0.05) is 24.3 Å². The number of carboxylic acids is 1. The van der Waals surface area contributed by atoms with E-state index < -0.39 is 11.5 Å². The van der Waals surface area contributed by atoms with Crippen molar-refractivity contribution in [3.63, 3.8) is 0 Å². The summed E-state index contributed by atoms with van der Waals surface area (Å²) in [6.07, 6.45) is 2.98. The second kappa shape index (κ2) is 8.37. The smallest absolute Gasteiger partial charge is 0.317 e. The van der Waals surface area contributed by atoms with E-state index in [1.807, 2.05) is 23.1 Å². The van der Waals surface area contributed by atoms with Crippen LogP contribution in [0.3, 0.4) is 0 Å². The molecule has 4 rings (SSSR count). The Morgan fingerprint density at radius 3 is 2.40 bits per heavy atom. The molecule has 2 aromatic rings. The van der Waals surface area contributed by atoms with E-state index in [9.17, 15) is 4.79 Å². The first-order valence-corrected chi connectivity index (χ1v) is 10.3. The van der Waals surface area contributed by atoms with Crippen molar-refractivity contribution in [1.82, 2.24) is 4.90 Å². The summed E-state index contributed by atoms with van der Waals surface area (Å²) in [6.45, 7) is 9.09. The zero-order valence-electron chi connectivity index (χ0n) is 17.1. The molecule has 0 unspecified atom stereocenters. The normalized spacial score (nSPS) is 18.4. The molecule has 6 heteroatoms. The van der Waals surface area contributed by atoms with E-state index in [2.05, 4.69) is 29.1 Å². The van der Waals surface area contributed by atoms with E-state index in [0.717, 1.165) is 18.4 Å². The number of hydrogen-bond acceptors (Lipinski definition) is 4. The molecule has 1 N–H and O–H groups in total. The van der Waals surface area contributed by atoms with E-state index in [1.165, 1.54) is 11.1 Å². The third-order valence-electron chi connectivity index (χ3n) is 6.26. The van der Waals surface area contributed by atoms with Gasteiger partial charge in [0.25, 0.3) is 5.54 Å². The van der Waals surface area contributed by atoms with Gasteiger partial charge in [0.05, 0.1) is 13.7 Å². The fourth-order valence-electron chi connectivity index (χ4n) is 4.58. The molecule has 1 heterocycles. The van der Waals surface area contributed by atoms with Crippen molar-refractivity contribution in [1.29, 1.82) is 0 Å². The first-order valence-electron chi connectivity index (χ1n) is 10.3. The maximum atomic E-state index is 11.0. The summed E-state index contributed by atoms with van der Waals surface area (Å²) in [5, 5.41) is 9.03. The van der Waals surface area contributed by atoms with Crippen LogP contribution in [0.25, 0.3) is 4.85 Å². The van der Waals surface area contributed by atoms with E-state index in [4.69, 9.17) is 21.2 Å². The average Bonchev–Trinajstić information content (AvgIpc) is 3.16. The standard InChI is InChI=1S/C24H26N2O4/c1-25-24(9-11-26(12-10-24)16-23(27)28)19-7-8-21(29-2)22(15-19)30-20-13-17-5-3-4-6-18(17)14-20/h3-8,15,20H,9-14,16H2,2H3,(H,27,28). The number of carboxylic acid groups (broad SMARTS) is 1. The Kier molecular flexibility index (Phi) is 5.65. The molecule has 0 radical (unpaired) electrons. The first-order chi connectivity index (χ1) is 14.5. The molecule has 0 aromatic heterocycles. The summed E-state index contributed by atoms with van der Waals surface area (Å²) in [6, 6.07) is 14.2.